The molecule has 1 N–H and O–H groups in total. The number of alkyl halides is 3. The maximum absolute atomic E-state index is 12.0. The van der Waals surface area contributed by atoms with Gasteiger partial charge in [0.25, 0.3) is 0 Å². The molecule has 1 aliphatic carbocycles. The zero-order chi connectivity index (χ0) is 14.5. The fraction of sp³-hybridized carbons (Fsp3) is 0.833. The van der Waals surface area contributed by atoms with Crippen molar-refractivity contribution in [1.82, 2.24) is 5.32 Å². The number of carbonyl (C=O) groups is 2. The standard InChI is InChI=1S/C12H18F3NO3/c1-19-11(18)8-4-2-3-5-9(8)16-10(17)6-7-12(13,14)15/h8-9H,2-7H2,1H3,(H,16,17)/t8-,9+/m1/s1. The van der Waals surface area contributed by atoms with Crippen LogP contribution in [0.3, 0.4) is 0 Å². The molecule has 1 amide bonds. The minimum absolute atomic E-state index is 0.415. The van der Waals surface area contributed by atoms with Crippen molar-refractivity contribution < 1.29 is 27.5 Å². The Balaban J connectivity index is 2.48. The van der Waals surface area contributed by atoms with E-state index >= 15 is 0 Å². The Bertz CT molecular complexity index is 331. The maximum Gasteiger partial charge on any atom is 0.389 e. The average molecular weight is 281 g/mol. The van der Waals surface area contributed by atoms with Crippen molar-refractivity contribution in [2.45, 2.75) is 50.7 Å². The highest BCUT2D eigenvalue weighted by atomic mass is 19.4. The van der Waals surface area contributed by atoms with Gasteiger partial charge in [-0.05, 0) is 12.8 Å². The van der Waals surface area contributed by atoms with E-state index in [0.717, 1.165) is 12.8 Å². The van der Waals surface area contributed by atoms with Crippen LogP contribution in [0.5, 0.6) is 0 Å². The number of esters is 1. The second kappa shape index (κ2) is 6.77. The number of amides is 1. The van der Waals surface area contributed by atoms with Crippen molar-refractivity contribution in [3.8, 4) is 0 Å². The van der Waals surface area contributed by atoms with Crippen LogP contribution in [-0.4, -0.2) is 31.2 Å². The van der Waals surface area contributed by atoms with Gasteiger partial charge < -0.3 is 10.1 Å². The first-order chi connectivity index (χ1) is 8.83. The van der Waals surface area contributed by atoms with Crippen molar-refractivity contribution in [3.05, 3.63) is 0 Å². The Morgan fingerprint density at radius 2 is 1.89 bits per heavy atom. The van der Waals surface area contributed by atoms with Crippen molar-refractivity contribution in [3.63, 3.8) is 0 Å². The van der Waals surface area contributed by atoms with Crippen LogP contribution in [0.15, 0.2) is 0 Å². The van der Waals surface area contributed by atoms with E-state index in [2.05, 4.69) is 10.1 Å². The first kappa shape index (κ1) is 15.8. The maximum atomic E-state index is 12.0. The van der Waals surface area contributed by atoms with Gasteiger partial charge in [0.1, 0.15) is 0 Å². The van der Waals surface area contributed by atoms with Crippen LogP contribution in [-0.2, 0) is 14.3 Å². The smallest absolute Gasteiger partial charge is 0.389 e. The summed E-state index contributed by atoms with van der Waals surface area (Å²) in [5, 5.41) is 2.52. The summed E-state index contributed by atoms with van der Waals surface area (Å²) in [5.74, 6) is -1.53. The summed E-state index contributed by atoms with van der Waals surface area (Å²) in [6.45, 7) is 0. The molecular weight excluding hydrogens is 263 g/mol. The SMILES string of the molecule is COC(=O)[C@@H]1CCCC[C@@H]1NC(=O)CCC(F)(F)F. The van der Waals surface area contributed by atoms with Crippen molar-refractivity contribution in [2.75, 3.05) is 7.11 Å². The van der Waals surface area contributed by atoms with Crippen molar-refractivity contribution in [2.24, 2.45) is 5.92 Å². The number of hydrogen-bond donors (Lipinski definition) is 1. The molecule has 0 aliphatic heterocycles. The van der Waals surface area contributed by atoms with Gasteiger partial charge in [-0.2, -0.15) is 13.2 Å². The Kier molecular flexibility index (Phi) is 5.62. The summed E-state index contributed by atoms with van der Waals surface area (Å²) < 4.78 is 40.6. The number of halogens is 3. The average Bonchev–Trinajstić information content (AvgIpc) is 2.35. The van der Waals surface area contributed by atoms with Gasteiger partial charge in [0.05, 0.1) is 19.4 Å². The number of ether oxygens (including phenoxy) is 1. The molecule has 0 spiro atoms. The number of methoxy groups -OCH3 is 1. The molecule has 7 heteroatoms. The number of carbonyl (C=O) groups excluding carboxylic acids is 2. The fourth-order valence-electron chi connectivity index (χ4n) is 2.27. The Morgan fingerprint density at radius 3 is 2.47 bits per heavy atom. The van der Waals surface area contributed by atoms with Gasteiger partial charge in [0, 0.05) is 12.5 Å². The first-order valence-electron chi connectivity index (χ1n) is 6.27. The van der Waals surface area contributed by atoms with E-state index in [4.69, 9.17) is 0 Å². The van der Waals surface area contributed by atoms with E-state index in [0.29, 0.717) is 12.8 Å². The summed E-state index contributed by atoms with van der Waals surface area (Å²) in [6, 6.07) is -0.415. The van der Waals surface area contributed by atoms with Crippen LogP contribution >= 0.6 is 0 Å². The lowest BCUT2D eigenvalue weighted by atomic mass is 9.84. The van der Waals surface area contributed by atoms with E-state index < -0.39 is 42.9 Å². The molecule has 0 aromatic rings. The normalized spacial score (nSPS) is 23.8. The third-order valence-corrected chi connectivity index (χ3v) is 3.25. The molecule has 0 aromatic heterocycles. The monoisotopic (exact) mass is 281 g/mol. The minimum Gasteiger partial charge on any atom is -0.469 e. The molecule has 1 fully saturated rings. The number of hydrogen-bond acceptors (Lipinski definition) is 3. The molecule has 0 bridgehead atoms. The molecule has 0 saturated heterocycles. The van der Waals surface area contributed by atoms with E-state index in [1.165, 1.54) is 7.11 Å². The van der Waals surface area contributed by atoms with Crippen LogP contribution in [0.2, 0.25) is 0 Å². The van der Waals surface area contributed by atoms with Gasteiger partial charge in [0.2, 0.25) is 5.91 Å². The molecule has 0 radical (unpaired) electrons. The van der Waals surface area contributed by atoms with E-state index in [1.807, 2.05) is 0 Å². The molecule has 1 saturated carbocycles. The lowest BCUT2D eigenvalue weighted by Gasteiger charge is -2.30. The zero-order valence-corrected chi connectivity index (χ0v) is 10.8. The highest BCUT2D eigenvalue weighted by Crippen LogP contribution is 2.26. The van der Waals surface area contributed by atoms with E-state index in [9.17, 15) is 22.8 Å². The van der Waals surface area contributed by atoms with Gasteiger partial charge in [0.15, 0.2) is 0 Å². The second-order valence-corrected chi connectivity index (χ2v) is 4.70. The zero-order valence-electron chi connectivity index (χ0n) is 10.8. The lowest BCUT2D eigenvalue weighted by Crippen LogP contribution is -2.45. The largest absolute Gasteiger partial charge is 0.469 e. The first-order valence-corrected chi connectivity index (χ1v) is 6.27. The summed E-state index contributed by atoms with van der Waals surface area (Å²) in [4.78, 5) is 23.0. The molecule has 0 aromatic carbocycles. The molecule has 19 heavy (non-hydrogen) atoms. The van der Waals surface area contributed by atoms with Crippen molar-refractivity contribution in [1.29, 1.82) is 0 Å². The van der Waals surface area contributed by atoms with E-state index in [1.54, 1.807) is 0 Å². The van der Waals surface area contributed by atoms with Gasteiger partial charge in [-0.1, -0.05) is 12.8 Å². The fourth-order valence-corrected chi connectivity index (χ4v) is 2.27. The number of rotatable bonds is 4. The van der Waals surface area contributed by atoms with Gasteiger partial charge in [-0.3, -0.25) is 9.59 Å². The Morgan fingerprint density at radius 1 is 1.26 bits per heavy atom. The third-order valence-electron chi connectivity index (χ3n) is 3.25. The molecule has 2 atom stereocenters. The van der Waals surface area contributed by atoms with Crippen LogP contribution in [0.4, 0.5) is 13.2 Å². The Hall–Kier alpha value is -1.27. The van der Waals surface area contributed by atoms with E-state index in [-0.39, 0.29) is 0 Å². The van der Waals surface area contributed by atoms with Crippen LogP contribution in [0.25, 0.3) is 0 Å². The summed E-state index contributed by atoms with van der Waals surface area (Å²) in [7, 11) is 1.26. The predicted octanol–water partition coefficient (Wildman–Crippen LogP) is 2.18. The molecule has 4 nitrogen and oxygen atoms in total. The molecule has 110 valence electrons. The molecule has 0 heterocycles. The summed E-state index contributed by atoms with van der Waals surface area (Å²) in [5.41, 5.74) is 0. The highest BCUT2D eigenvalue weighted by molar-refractivity contribution is 5.78. The highest BCUT2D eigenvalue weighted by Gasteiger charge is 2.34. The van der Waals surface area contributed by atoms with Crippen molar-refractivity contribution >= 4 is 11.9 Å². The van der Waals surface area contributed by atoms with Gasteiger partial charge in [-0.15, -0.1) is 0 Å². The van der Waals surface area contributed by atoms with Crippen LogP contribution in [0.1, 0.15) is 38.5 Å². The van der Waals surface area contributed by atoms with Gasteiger partial charge in [-0.25, -0.2) is 0 Å². The minimum atomic E-state index is -4.34. The second-order valence-electron chi connectivity index (χ2n) is 4.70. The quantitative estimate of drug-likeness (QED) is 0.804. The lowest BCUT2D eigenvalue weighted by molar-refractivity contribution is -0.149. The van der Waals surface area contributed by atoms with Crippen LogP contribution in [0, 0.1) is 5.92 Å². The molecule has 0 unspecified atom stereocenters. The Labute approximate surface area is 109 Å². The molecule has 1 aliphatic rings. The van der Waals surface area contributed by atoms with Gasteiger partial charge >= 0.3 is 12.1 Å². The molecular formula is C12H18F3NO3. The topological polar surface area (TPSA) is 55.4 Å². The predicted molar refractivity (Wildman–Crippen MR) is 61.2 cm³/mol. The van der Waals surface area contributed by atoms with Crippen LogP contribution < -0.4 is 5.32 Å². The summed E-state index contributed by atoms with van der Waals surface area (Å²) >= 11 is 0. The summed E-state index contributed by atoms with van der Waals surface area (Å²) in [6.07, 6.45) is -3.20. The number of nitrogens with one attached hydrogen (secondary N) is 1. The third kappa shape index (κ3) is 5.48. The molecule has 1 rings (SSSR count).